The zero-order valence-corrected chi connectivity index (χ0v) is 14.4. The van der Waals surface area contributed by atoms with Crippen LogP contribution in [0.3, 0.4) is 0 Å². The molecule has 0 aromatic heterocycles. The van der Waals surface area contributed by atoms with E-state index < -0.39 is 0 Å². The number of nitro benzene ring substituents is 1. The lowest BCUT2D eigenvalue weighted by Gasteiger charge is -2.38. The SMILES string of the molecule is COc1cc([N+](=O)[O-])cc2c1N[C@H](c1cccc(Cl)c1)[C@@H]1CC=C[C@H]21. The molecule has 0 fully saturated rings. The number of non-ortho nitro benzene ring substituents is 1. The monoisotopic (exact) mass is 356 g/mol. The summed E-state index contributed by atoms with van der Waals surface area (Å²) in [5.41, 5.74) is 2.91. The predicted molar refractivity (Wildman–Crippen MR) is 97.5 cm³/mol. The Kier molecular flexibility index (Phi) is 3.88. The second kappa shape index (κ2) is 6.08. The highest BCUT2D eigenvalue weighted by molar-refractivity contribution is 6.30. The summed E-state index contributed by atoms with van der Waals surface area (Å²) in [5, 5.41) is 15.5. The Balaban J connectivity index is 1.85. The number of nitrogens with one attached hydrogen (secondary N) is 1. The van der Waals surface area contributed by atoms with Crippen molar-refractivity contribution in [3.63, 3.8) is 0 Å². The van der Waals surface area contributed by atoms with Gasteiger partial charge in [-0.15, -0.1) is 0 Å². The van der Waals surface area contributed by atoms with E-state index in [0.29, 0.717) is 10.8 Å². The molecule has 0 bridgehead atoms. The minimum atomic E-state index is -0.375. The number of anilines is 1. The van der Waals surface area contributed by atoms with Gasteiger partial charge in [-0.1, -0.05) is 35.9 Å². The number of benzene rings is 2. The van der Waals surface area contributed by atoms with Gasteiger partial charge in [-0.25, -0.2) is 0 Å². The van der Waals surface area contributed by atoms with Crippen LogP contribution in [0.2, 0.25) is 5.02 Å². The van der Waals surface area contributed by atoms with Crippen LogP contribution in [-0.2, 0) is 0 Å². The zero-order valence-electron chi connectivity index (χ0n) is 13.6. The van der Waals surface area contributed by atoms with Crippen LogP contribution in [0.15, 0.2) is 48.6 Å². The molecule has 0 amide bonds. The molecule has 1 aliphatic heterocycles. The van der Waals surface area contributed by atoms with Gasteiger partial charge >= 0.3 is 0 Å². The third kappa shape index (κ3) is 2.65. The molecule has 25 heavy (non-hydrogen) atoms. The number of halogens is 1. The van der Waals surface area contributed by atoms with E-state index in [1.807, 2.05) is 18.2 Å². The van der Waals surface area contributed by atoms with Crippen LogP contribution in [0.1, 0.15) is 29.5 Å². The number of fused-ring (bicyclic) bond motifs is 3. The summed E-state index contributed by atoms with van der Waals surface area (Å²) in [7, 11) is 1.53. The predicted octanol–water partition coefficient (Wildman–Crippen LogP) is 5.08. The fraction of sp³-hybridized carbons (Fsp3) is 0.263. The maximum atomic E-state index is 11.3. The molecule has 0 saturated heterocycles. The lowest BCUT2D eigenvalue weighted by Crippen LogP contribution is -2.29. The summed E-state index contributed by atoms with van der Waals surface area (Å²) in [6.45, 7) is 0. The van der Waals surface area contributed by atoms with Crippen molar-refractivity contribution in [1.29, 1.82) is 0 Å². The van der Waals surface area contributed by atoms with Gasteiger partial charge in [-0.05, 0) is 35.6 Å². The lowest BCUT2D eigenvalue weighted by molar-refractivity contribution is -0.385. The topological polar surface area (TPSA) is 64.4 Å². The molecule has 0 spiro atoms. The number of allylic oxidation sites excluding steroid dienone is 2. The Morgan fingerprint density at radius 3 is 2.88 bits per heavy atom. The Hall–Kier alpha value is -2.53. The Bertz CT molecular complexity index is 881. The highest BCUT2D eigenvalue weighted by Crippen LogP contribution is 2.53. The molecule has 6 heteroatoms. The fourth-order valence-electron chi connectivity index (χ4n) is 3.95. The van der Waals surface area contributed by atoms with E-state index in [2.05, 4.69) is 23.5 Å². The van der Waals surface area contributed by atoms with E-state index in [1.54, 1.807) is 6.07 Å². The second-order valence-corrected chi connectivity index (χ2v) is 6.84. The Morgan fingerprint density at radius 1 is 1.32 bits per heavy atom. The summed E-state index contributed by atoms with van der Waals surface area (Å²) in [5.74, 6) is 0.904. The van der Waals surface area contributed by atoms with Gasteiger partial charge in [-0.2, -0.15) is 0 Å². The van der Waals surface area contributed by atoms with Crippen LogP contribution in [-0.4, -0.2) is 12.0 Å². The van der Waals surface area contributed by atoms with Gasteiger partial charge < -0.3 is 10.1 Å². The molecule has 4 rings (SSSR count). The molecule has 128 valence electrons. The van der Waals surface area contributed by atoms with E-state index in [9.17, 15) is 10.1 Å². The van der Waals surface area contributed by atoms with Gasteiger partial charge in [0.25, 0.3) is 5.69 Å². The number of hydrogen-bond donors (Lipinski definition) is 1. The van der Waals surface area contributed by atoms with Crippen molar-refractivity contribution < 1.29 is 9.66 Å². The standard InChI is InChI=1S/C19H17ClN2O3/c1-25-17-10-13(22(23)24)9-16-14-6-3-7-15(14)18(21-19(16)17)11-4-2-5-12(20)8-11/h2-6,8-10,14-15,18,21H,7H2,1H3/t14-,15+,18+/m0/s1. The Labute approximate surface area is 150 Å². The number of hydrogen-bond acceptors (Lipinski definition) is 4. The molecular weight excluding hydrogens is 340 g/mol. The third-order valence-electron chi connectivity index (χ3n) is 5.06. The maximum absolute atomic E-state index is 11.3. The van der Waals surface area contributed by atoms with Crippen molar-refractivity contribution in [2.45, 2.75) is 18.4 Å². The molecular formula is C19H17ClN2O3. The summed E-state index contributed by atoms with van der Waals surface area (Å²) < 4.78 is 5.44. The van der Waals surface area contributed by atoms with Crippen molar-refractivity contribution in [3.05, 3.63) is 74.8 Å². The highest BCUT2D eigenvalue weighted by Gasteiger charge is 2.40. The maximum Gasteiger partial charge on any atom is 0.273 e. The van der Waals surface area contributed by atoms with Crippen molar-refractivity contribution in [3.8, 4) is 5.75 Å². The van der Waals surface area contributed by atoms with Crippen LogP contribution in [0.25, 0.3) is 0 Å². The molecule has 5 nitrogen and oxygen atoms in total. The summed E-state index contributed by atoms with van der Waals surface area (Å²) in [4.78, 5) is 10.9. The molecule has 0 radical (unpaired) electrons. The van der Waals surface area contributed by atoms with Crippen LogP contribution < -0.4 is 10.1 Å². The minimum Gasteiger partial charge on any atom is -0.494 e. The fourth-order valence-corrected chi connectivity index (χ4v) is 4.15. The summed E-state index contributed by atoms with van der Waals surface area (Å²) in [6.07, 6.45) is 5.21. The second-order valence-electron chi connectivity index (χ2n) is 6.40. The van der Waals surface area contributed by atoms with Gasteiger partial charge in [0.1, 0.15) is 5.75 Å². The first-order chi connectivity index (χ1) is 12.1. The largest absolute Gasteiger partial charge is 0.494 e. The summed E-state index contributed by atoms with van der Waals surface area (Å²) >= 11 is 6.18. The average molecular weight is 357 g/mol. The first kappa shape index (κ1) is 16.0. The van der Waals surface area contributed by atoms with Gasteiger partial charge in [0.15, 0.2) is 0 Å². The lowest BCUT2D eigenvalue weighted by atomic mass is 9.76. The molecule has 2 aromatic carbocycles. The normalized spacial score (nSPS) is 23.5. The first-order valence-electron chi connectivity index (χ1n) is 8.13. The van der Waals surface area contributed by atoms with Crippen molar-refractivity contribution in [1.82, 2.24) is 0 Å². The van der Waals surface area contributed by atoms with Gasteiger partial charge in [0, 0.05) is 17.0 Å². The van der Waals surface area contributed by atoms with Crippen LogP contribution in [0, 0.1) is 16.0 Å². The van der Waals surface area contributed by atoms with E-state index in [-0.39, 0.29) is 28.5 Å². The van der Waals surface area contributed by atoms with E-state index >= 15 is 0 Å². The van der Waals surface area contributed by atoms with Gasteiger partial charge in [-0.3, -0.25) is 10.1 Å². The van der Waals surface area contributed by atoms with Crippen LogP contribution >= 0.6 is 11.6 Å². The van der Waals surface area contributed by atoms with Crippen molar-refractivity contribution in [2.24, 2.45) is 5.92 Å². The molecule has 2 aliphatic rings. The molecule has 1 N–H and O–H groups in total. The molecule has 0 unspecified atom stereocenters. The highest BCUT2D eigenvalue weighted by atomic mass is 35.5. The van der Waals surface area contributed by atoms with Crippen molar-refractivity contribution >= 4 is 23.0 Å². The van der Waals surface area contributed by atoms with Crippen LogP contribution in [0.5, 0.6) is 5.75 Å². The third-order valence-corrected chi connectivity index (χ3v) is 5.29. The van der Waals surface area contributed by atoms with Gasteiger partial charge in [0.2, 0.25) is 0 Å². The smallest absolute Gasteiger partial charge is 0.273 e. The number of ether oxygens (including phenoxy) is 1. The van der Waals surface area contributed by atoms with Gasteiger partial charge in [0.05, 0.1) is 29.8 Å². The number of nitrogens with zero attached hydrogens (tertiary/aromatic N) is 1. The molecule has 3 atom stereocenters. The van der Waals surface area contributed by atoms with E-state index in [1.165, 1.54) is 13.2 Å². The first-order valence-corrected chi connectivity index (χ1v) is 8.51. The Morgan fingerprint density at radius 2 is 2.16 bits per heavy atom. The molecule has 2 aromatic rings. The molecule has 1 aliphatic carbocycles. The van der Waals surface area contributed by atoms with E-state index in [4.69, 9.17) is 16.3 Å². The summed E-state index contributed by atoms with van der Waals surface area (Å²) in [6, 6.07) is 11.0. The number of rotatable bonds is 3. The number of nitro groups is 1. The molecule has 1 heterocycles. The van der Waals surface area contributed by atoms with Crippen molar-refractivity contribution in [2.75, 3.05) is 12.4 Å². The average Bonchev–Trinajstić information content (AvgIpc) is 3.10. The minimum absolute atomic E-state index is 0.0534. The van der Waals surface area contributed by atoms with Crippen LogP contribution in [0.4, 0.5) is 11.4 Å². The quantitative estimate of drug-likeness (QED) is 0.473. The van der Waals surface area contributed by atoms with E-state index in [0.717, 1.165) is 23.2 Å². The number of methoxy groups -OCH3 is 1. The zero-order chi connectivity index (χ0) is 17.6. The molecule has 0 saturated carbocycles.